The minimum absolute atomic E-state index is 0.0942. The van der Waals surface area contributed by atoms with Crippen molar-refractivity contribution < 1.29 is 17.7 Å². The van der Waals surface area contributed by atoms with Crippen LogP contribution in [0.4, 0.5) is 0 Å². The van der Waals surface area contributed by atoms with Crippen molar-refractivity contribution >= 4 is 17.0 Å². The molecule has 0 aromatic carbocycles. The van der Waals surface area contributed by atoms with Gasteiger partial charge >= 0.3 is 7.12 Å². The van der Waals surface area contributed by atoms with E-state index >= 15 is 0 Å². The summed E-state index contributed by atoms with van der Waals surface area (Å²) in [7, 11) is -3.39. The van der Waals surface area contributed by atoms with Crippen LogP contribution in [0.5, 0.6) is 0 Å². The van der Waals surface area contributed by atoms with E-state index in [1.54, 1.807) is 0 Å². The number of sulfone groups is 1. The average Bonchev–Trinajstić information content (AvgIpc) is 2.62. The zero-order chi connectivity index (χ0) is 13.8. The van der Waals surface area contributed by atoms with Gasteiger partial charge in [-0.05, 0) is 18.2 Å². The number of hydrogen-bond acceptors (Lipinski definition) is 4. The van der Waals surface area contributed by atoms with E-state index in [2.05, 4.69) is 20.8 Å². The third-order valence-corrected chi connectivity index (χ3v) is 6.06. The Labute approximate surface area is 110 Å². The molecule has 6 heteroatoms. The van der Waals surface area contributed by atoms with Crippen LogP contribution in [0.3, 0.4) is 0 Å². The standard InChI is InChI=1S/C12H23BO4S/c1-6-11-8-18(14,15)9-12(11,7-2)17-13(16-11)10(3,4)5/h6-9H2,1-5H3/t11-,12+. The van der Waals surface area contributed by atoms with Gasteiger partial charge in [0.15, 0.2) is 9.84 Å². The second-order valence-corrected chi connectivity index (χ2v) is 8.73. The van der Waals surface area contributed by atoms with Crippen LogP contribution in [-0.4, -0.2) is 38.2 Å². The normalized spacial score (nSPS) is 39.1. The fourth-order valence-corrected chi connectivity index (χ4v) is 5.70. The van der Waals surface area contributed by atoms with Crippen LogP contribution in [0.25, 0.3) is 0 Å². The van der Waals surface area contributed by atoms with Gasteiger partial charge in [0.05, 0.1) is 22.7 Å². The highest BCUT2D eigenvalue weighted by Gasteiger charge is 2.68. The smallest absolute Gasteiger partial charge is 0.401 e. The van der Waals surface area contributed by atoms with Crippen molar-refractivity contribution in [3.63, 3.8) is 0 Å². The average molecular weight is 274 g/mol. The van der Waals surface area contributed by atoms with E-state index in [0.29, 0.717) is 12.8 Å². The van der Waals surface area contributed by atoms with Crippen LogP contribution in [0.15, 0.2) is 0 Å². The summed E-state index contributed by atoms with van der Waals surface area (Å²) in [5, 5.41) is -0.140. The maximum Gasteiger partial charge on any atom is 0.463 e. The molecule has 0 N–H and O–H groups in total. The molecule has 0 aromatic rings. The Morgan fingerprint density at radius 3 is 1.72 bits per heavy atom. The topological polar surface area (TPSA) is 52.6 Å². The Kier molecular flexibility index (Phi) is 3.16. The van der Waals surface area contributed by atoms with Crippen LogP contribution in [0.1, 0.15) is 47.5 Å². The zero-order valence-electron chi connectivity index (χ0n) is 11.9. The van der Waals surface area contributed by atoms with Crippen LogP contribution in [0.2, 0.25) is 5.31 Å². The molecule has 2 rings (SSSR count). The Hall–Kier alpha value is -0.0651. The lowest BCUT2D eigenvalue weighted by molar-refractivity contribution is -0.0120. The van der Waals surface area contributed by atoms with Gasteiger partial charge in [-0.1, -0.05) is 34.6 Å². The first kappa shape index (κ1) is 14.3. The van der Waals surface area contributed by atoms with Gasteiger partial charge in [-0.25, -0.2) is 8.42 Å². The summed E-state index contributed by atoms with van der Waals surface area (Å²) in [5.74, 6) is 0.188. The highest BCUT2D eigenvalue weighted by Crippen LogP contribution is 2.52. The molecule has 2 heterocycles. The monoisotopic (exact) mass is 274 g/mol. The quantitative estimate of drug-likeness (QED) is 0.723. The van der Waals surface area contributed by atoms with Crippen LogP contribution in [-0.2, 0) is 19.1 Å². The molecule has 18 heavy (non-hydrogen) atoms. The first-order valence-corrected chi connectivity index (χ1v) is 8.48. The molecule has 2 aliphatic rings. The molecular formula is C12H23BO4S. The van der Waals surface area contributed by atoms with E-state index < -0.39 is 21.0 Å². The van der Waals surface area contributed by atoms with Crippen LogP contribution < -0.4 is 0 Å². The summed E-state index contributed by atoms with van der Waals surface area (Å²) in [6.07, 6.45) is 1.35. The number of rotatable bonds is 2. The molecule has 0 saturated carbocycles. The van der Waals surface area contributed by atoms with Gasteiger partial charge in [-0.3, -0.25) is 0 Å². The Balaban J connectivity index is 2.42. The van der Waals surface area contributed by atoms with Crippen molar-refractivity contribution in [2.75, 3.05) is 11.5 Å². The first-order valence-electron chi connectivity index (χ1n) is 6.66. The molecule has 2 saturated heterocycles. The molecule has 0 unspecified atom stereocenters. The first-order chi connectivity index (χ1) is 8.10. The Morgan fingerprint density at radius 1 is 1.06 bits per heavy atom. The lowest BCUT2D eigenvalue weighted by Gasteiger charge is -2.35. The summed E-state index contributed by atoms with van der Waals surface area (Å²) >= 11 is 0. The highest BCUT2D eigenvalue weighted by atomic mass is 32.2. The maximum absolute atomic E-state index is 12.0. The van der Waals surface area contributed by atoms with Gasteiger partial charge in [0.2, 0.25) is 0 Å². The molecule has 0 spiro atoms. The molecule has 0 amide bonds. The fourth-order valence-electron chi connectivity index (χ4n) is 3.11. The summed E-state index contributed by atoms with van der Waals surface area (Å²) in [6.45, 7) is 10.1. The van der Waals surface area contributed by atoms with E-state index in [4.69, 9.17) is 9.31 Å². The van der Waals surface area contributed by atoms with Crippen molar-refractivity contribution in [1.82, 2.24) is 0 Å². The SMILES string of the molecule is CC[C@@]12CS(=O)(=O)C[C@]1(CC)OB(C(C)(C)C)O2. The minimum atomic E-state index is -3.07. The van der Waals surface area contributed by atoms with Gasteiger partial charge in [0, 0.05) is 0 Å². The molecule has 2 aliphatic heterocycles. The summed E-state index contributed by atoms with van der Waals surface area (Å²) in [6, 6.07) is 0. The minimum Gasteiger partial charge on any atom is -0.401 e. The highest BCUT2D eigenvalue weighted by molar-refractivity contribution is 7.91. The van der Waals surface area contributed by atoms with Gasteiger partial charge in [0.25, 0.3) is 0 Å². The predicted molar refractivity (Wildman–Crippen MR) is 72.3 cm³/mol. The van der Waals surface area contributed by atoms with Gasteiger partial charge in [0.1, 0.15) is 0 Å². The summed E-state index contributed by atoms with van der Waals surface area (Å²) in [5.41, 5.74) is -1.31. The zero-order valence-corrected chi connectivity index (χ0v) is 12.8. The molecule has 0 aliphatic carbocycles. The van der Waals surface area contributed by atoms with Gasteiger partial charge < -0.3 is 9.31 Å². The molecule has 0 radical (unpaired) electrons. The number of hydrogen-bond donors (Lipinski definition) is 0. The third-order valence-electron chi connectivity index (χ3n) is 4.25. The van der Waals surface area contributed by atoms with E-state index in [9.17, 15) is 8.42 Å². The van der Waals surface area contributed by atoms with Crippen molar-refractivity contribution in [3.05, 3.63) is 0 Å². The Morgan fingerprint density at radius 2 is 1.44 bits per heavy atom. The van der Waals surface area contributed by atoms with E-state index in [0.717, 1.165) is 0 Å². The van der Waals surface area contributed by atoms with Crippen molar-refractivity contribution in [3.8, 4) is 0 Å². The maximum atomic E-state index is 12.0. The summed E-state index contributed by atoms with van der Waals surface area (Å²) in [4.78, 5) is 0. The lowest BCUT2D eigenvalue weighted by Crippen LogP contribution is -2.49. The molecule has 0 bridgehead atoms. The Bertz CT molecular complexity index is 413. The summed E-state index contributed by atoms with van der Waals surface area (Å²) < 4.78 is 36.2. The molecule has 2 atom stereocenters. The van der Waals surface area contributed by atoms with Crippen molar-refractivity contribution in [2.45, 2.75) is 64.0 Å². The van der Waals surface area contributed by atoms with Crippen LogP contribution in [0, 0.1) is 0 Å². The fraction of sp³-hybridized carbons (Fsp3) is 1.00. The second kappa shape index (κ2) is 3.96. The second-order valence-electron chi connectivity index (χ2n) is 6.66. The van der Waals surface area contributed by atoms with E-state index in [-0.39, 0.29) is 23.9 Å². The third kappa shape index (κ3) is 1.93. The molecule has 2 fully saturated rings. The van der Waals surface area contributed by atoms with E-state index in [1.165, 1.54) is 0 Å². The van der Waals surface area contributed by atoms with Crippen molar-refractivity contribution in [1.29, 1.82) is 0 Å². The van der Waals surface area contributed by atoms with Crippen molar-refractivity contribution in [2.24, 2.45) is 0 Å². The molecular weight excluding hydrogens is 251 g/mol. The largest absolute Gasteiger partial charge is 0.463 e. The number of fused-ring (bicyclic) bond motifs is 1. The molecule has 104 valence electrons. The molecule has 0 aromatic heterocycles. The predicted octanol–water partition coefficient (Wildman–Crippen LogP) is 2.05. The van der Waals surface area contributed by atoms with E-state index in [1.807, 2.05) is 13.8 Å². The lowest BCUT2D eigenvalue weighted by atomic mass is 9.61. The molecule has 4 nitrogen and oxygen atoms in total. The van der Waals surface area contributed by atoms with Crippen LogP contribution >= 0.6 is 0 Å². The van der Waals surface area contributed by atoms with Gasteiger partial charge in [-0.2, -0.15) is 0 Å². The van der Waals surface area contributed by atoms with Gasteiger partial charge in [-0.15, -0.1) is 0 Å².